The molecule has 0 spiro atoms. The summed E-state index contributed by atoms with van der Waals surface area (Å²) >= 11 is 0. The zero-order valence-electron chi connectivity index (χ0n) is 13.3. The fraction of sp³-hybridized carbons (Fsp3) is 0.438. The van der Waals surface area contributed by atoms with Crippen molar-refractivity contribution < 1.29 is 17.6 Å². The topological polar surface area (TPSA) is 91.7 Å². The Kier molecular flexibility index (Phi) is 3.54. The number of sulfone groups is 1. The predicted molar refractivity (Wildman–Crippen MR) is 90.9 cm³/mol. The van der Waals surface area contributed by atoms with E-state index < -0.39 is 9.84 Å². The summed E-state index contributed by atoms with van der Waals surface area (Å²) < 4.78 is 29.4. The van der Waals surface area contributed by atoms with Gasteiger partial charge in [0.1, 0.15) is 5.76 Å². The van der Waals surface area contributed by atoms with Crippen LogP contribution < -0.4 is 10.6 Å². The van der Waals surface area contributed by atoms with E-state index in [1.54, 1.807) is 11.0 Å². The summed E-state index contributed by atoms with van der Waals surface area (Å²) in [5.41, 5.74) is 1.23. The second-order valence-corrected chi connectivity index (χ2v) is 8.56. The van der Waals surface area contributed by atoms with E-state index in [1.165, 1.54) is 0 Å². The van der Waals surface area contributed by atoms with Crippen molar-refractivity contribution in [2.24, 2.45) is 0 Å². The van der Waals surface area contributed by atoms with Gasteiger partial charge in [0, 0.05) is 24.5 Å². The molecule has 0 bridgehead atoms. The van der Waals surface area contributed by atoms with Gasteiger partial charge in [0.2, 0.25) is 0 Å². The first-order valence-corrected chi connectivity index (χ1v) is 9.76. The summed E-state index contributed by atoms with van der Waals surface area (Å²) in [4.78, 5) is 14.3. The Labute approximate surface area is 139 Å². The van der Waals surface area contributed by atoms with Gasteiger partial charge in [-0.05, 0) is 19.1 Å². The van der Waals surface area contributed by atoms with Crippen LogP contribution in [0.15, 0.2) is 28.7 Å². The first-order valence-electron chi connectivity index (χ1n) is 7.93. The number of benzene rings is 1. The summed E-state index contributed by atoms with van der Waals surface area (Å²) in [5, 5.41) is 7.00. The Balaban J connectivity index is 1.59. The highest BCUT2D eigenvalue weighted by atomic mass is 32.2. The zero-order chi connectivity index (χ0) is 16.9. The van der Waals surface area contributed by atoms with Gasteiger partial charge in [-0.2, -0.15) is 0 Å². The second-order valence-electron chi connectivity index (χ2n) is 6.41. The van der Waals surface area contributed by atoms with Crippen LogP contribution in [0, 0.1) is 6.92 Å². The van der Waals surface area contributed by atoms with Crippen molar-refractivity contribution in [3.63, 3.8) is 0 Å². The largest absolute Gasteiger partial charge is 0.459 e. The number of aryl methyl sites for hydroxylation is 1. The number of carbonyl (C=O) groups is 1. The van der Waals surface area contributed by atoms with Crippen molar-refractivity contribution in [3.05, 3.63) is 30.0 Å². The second kappa shape index (κ2) is 5.49. The predicted octanol–water partition coefficient (Wildman–Crippen LogP) is 1.34. The first-order chi connectivity index (χ1) is 11.4. The maximum Gasteiger partial charge on any atom is 0.322 e. The average Bonchev–Trinajstić information content (AvgIpc) is 3.04. The molecular weight excluding hydrogens is 330 g/mol. The van der Waals surface area contributed by atoms with Gasteiger partial charge in [0.15, 0.2) is 15.4 Å². The number of nitrogens with zero attached hydrogens (tertiary/aromatic N) is 1. The normalized spacial score (nSPS) is 25.6. The molecule has 8 heteroatoms. The lowest BCUT2D eigenvalue weighted by atomic mass is 10.1. The van der Waals surface area contributed by atoms with Gasteiger partial charge < -0.3 is 20.0 Å². The van der Waals surface area contributed by atoms with E-state index in [-0.39, 0.29) is 29.6 Å². The zero-order valence-corrected chi connectivity index (χ0v) is 14.1. The van der Waals surface area contributed by atoms with Crippen LogP contribution in [-0.4, -0.2) is 56.0 Å². The van der Waals surface area contributed by atoms with E-state index in [0.29, 0.717) is 24.4 Å². The van der Waals surface area contributed by atoms with Gasteiger partial charge in [-0.3, -0.25) is 0 Å². The number of hydrogen-bond donors (Lipinski definition) is 2. The lowest BCUT2D eigenvalue weighted by Gasteiger charge is -2.37. The quantitative estimate of drug-likeness (QED) is 0.811. The van der Waals surface area contributed by atoms with Crippen molar-refractivity contribution in [2.45, 2.75) is 19.0 Å². The van der Waals surface area contributed by atoms with Crippen LogP contribution in [0.4, 0.5) is 10.5 Å². The van der Waals surface area contributed by atoms with Crippen LogP contribution >= 0.6 is 0 Å². The minimum atomic E-state index is -3.10. The number of nitrogens with one attached hydrogen (secondary N) is 2. The molecule has 2 saturated heterocycles. The molecule has 3 heterocycles. The van der Waals surface area contributed by atoms with Crippen LogP contribution in [0.1, 0.15) is 5.76 Å². The molecule has 2 aromatic rings. The van der Waals surface area contributed by atoms with Crippen LogP contribution in [0.3, 0.4) is 0 Å². The molecule has 24 heavy (non-hydrogen) atoms. The molecule has 0 radical (unpaired) electrons. The standard InChI is InChI=1S/C16H19N3O4S/c1-10-7-11-3-2-4-12(15(11)23-10)18-16(20)19-6-5-17-13-8-24(21,22)9-14(13)19/h2-4,7,13-14,17H,5-6,8-9H2,1H3,(H,18,20). The van der Waals surface area contributed by atoms with Gasteiger partial charge in [-0.1, -0.05) is 12.1 Å². The van der Waals surface area contributed by atoms with Gasteiger partial charge in [-0.25, -0.2) is 13.2 Å². The van der Waals surface area contributed by atoms with E-state index in [2.05, 4.69) is 10.6 Å². The van der Waals surface area contributed by atoms with Gasteiger partial charge in [0.05, 0.1) is 23.2 Å². The van der Waals surface area contributed by atoms with Crippen molar-refractivity contribution in [3.8, 4) is 0 Å². The van der Waals surface area contributed by atoms with Crippen molar-refractivity contribution in [1.82, 2.24) is 10.2 Å². The van der Waals surface area contributed by atoms with Crippen molar-refractivity contribution in [1.29, 1.82) is 0 Å². The number of urea groups is 1. The summed E-state index contributed by atoms with van der Waals surface area (Å²) in [5.74, 6) is 0.882. The molecule has 0 aliphatic carbocycles. The van der Waals surface area contributed by atoms with Crippen LogP contribution in [0.5, 0.6) is 0 Å². The average molecular weight is 349 g/mol. The van der Waals surface area contributed by atoms with Gasteiger partial charge >= 0.3 is 6.03 Å². The number of furan rings is 1. The Morgan fingerprint density at radius 3 is 3.04 bits per heavy atom. The smallest absolute Gasteiger partial charge is 0.322 e. The van der Waals surface area contributed by atoms with Crippen LogP contribution in [0.2, 0.25) is 0 Å². The number of amides is 2. The van der Waals surface area contributed by atoms with E-state index >= 15 is 0 Å². The molecule has 2 unspecified atom stereocenters. The Morgan fingerprint density at radius 2 is 2.21 bits per heavy atom. The Morgan fingerprint density at radius 1 is 1.38 bits per heavy atom. The highest BCUT2D eigenvalue weighted by Gasteiger charge is 2.44. The highest BCUT2D eigenvalue weighted by Crippen LogP contribution is 2.28. The third-order valence-electron chi connectivity index (χ3n) is 4.65. The van der Waals surface area contributed by atoms with Crippen molar-refractivity contribution in [2.75, 3.05) is 29.9 Å². The number of fused-ring (bicyclic) bond motifs is 2. The molecule has 7 nitrogen and oxygen atoms in total. The van der Waals surface area contributed by atoms with Crippen LogP contribution in [-0.2, 0) is 9.84 Å². The first kappa shape index (κ1) is 15.5. The number of piperazine rings is 1. The molecule has 1 aromatic heterocycles. The lowest BCUT2D eigenvalue weighted by molar-refractivity contribution is 0.163. The molecule has 2 aliphatic heterocycles. The van der Waals surface area contributed by atoms with Gasteiger partial charge in [-0.15, -0.1) is 0 Å². The summed E-state index contributed by atoms with van der Waals surface area (Å²) in [6.45, 7) is 2.93. The summed E-state index contributed by atoms with van der Waals surface area (Å²) in [6.07, 6.45) is 0. The Bertz CT molecular complexity index is 905. The number of rotatable bonds is 1. The third kappa shape index (κ3) is 2.65. The molecule has 1 aromatic carbocycles. The van der Waals surface area contributed by atoms with Crippen molar-refractivity contribution >= 4 is 32.5 Å². The van der Waals surface area contributed by atoms with E-state index in [1.807, 2.05) is 25.1 Å². The van der Waals surface area contributed by atoms with E-state index in [0.717, 1.165) is 11.1 Å². The molecule has 4 rings (SSSR count). The number of para-hydroxylation sites is 1. The minimum Gasteiger partial charge on any atom is -0.459 e. The molecule has 0 saturated carbocycles. The SMILES string of the molecule is Cc1cc2cccc(NC(=O)N3CCNC4CS(=O)(=O)CC43)c2o1. The number of carbonyl (C=O) groups excluding carboxylic acids is 1. The fourth-order valence-corrected chi connectivity index (χ4v) is 5.55. The summed E-state index contributed by atoms with van der Waals surface area (Å²) in [7, 11) is -3.10. The maximum absolute atomic E-state index is 12.7. The van der Waals surface area contributed by atoms with Gasteiger partial charge in [0.25, 0.3) is 0 Å². The number of hydrogen-bond acceptors (Lipinski definition) is 5. The summed E-state index contributed by atoms with van der Waals surface area (Å²) in [6, 6.07) is 6.69. The highest BCUT2D eigenvalue weighted by molar-refractivity contribution is 7.91. The molecule has 128 valence electrons. The molecule has 2 fully saturated rings. The molecule has 2 atom stereocenters. The molecule has 2 N–H and O–H groups in total. The molecule has 2 aliphatic rings. The lowest BCUT2D eigenvalue weighted by Crippen LogP contribution is -2.59. The van der Waals surface area contributed by atoms with E-state index in [4.69, 9.17) is 4.42 Å². The monoisotopic (exact) mass is 349 g/mol. The Hall–Kier alpha value is -2.06. The fourth-order valence-electron chi connectivity index (χ4n) is 3.60. The maximum atomic E-state index is 12.7. The minimum absolute atomic E-state index is 0.0160. The molecule has 2 amide bonds. The third-order valence-corrected chi connectivity index (χ3v) is 6.37. The molecular formula is C16H19N3O4S. The number of anilines is 1. The van der Waals surface area contributed by atoms with Crippen LogP contribution in [0.25, 0.3) is 11.0 Å². The van der Waals surface area contributed by atoms with E-state index in [9.17, 15) is 13.2 Å².